The van der Waals surface area contributed by atoms with Gasteiger partial charge >= 0.3 is 5.97 Å². The lowest BCUT2D eigenvalue weighted by Crippen LogP contribution is -2.32. The van der Waals surface area contributed by atoms with Crippen molar-refractivity contribution in [1.29, 1.82) is 0 Å². The number of aliphatic hydroxyl groups is 1. The van der Waals surface area contributed by atoms with Crippen molar-refractivity contribution >= 4 is 29.1 Å². The van der Waals surface area contributed by atoms with Gasteiger partial charge in [-0.2, -0.15) is 0 Å². The van der Waals surface area contributed by atoms with Gasteiger partial charge in [-0.15, -0.1) is 0 Å². The zero-order valence-corrected chi connectivity index (χ0v) is 15.0. The number of aliphatic hydroxyl groups excluding tert-OH is 1. The van der Waals surface area contributed by atoms with E-state index in [1.54, 1.807) is 18.2 Å². The SMILES string of the molecule is O=C(O)CCN1C(=O)C(=O)C(=C(O)c2ccccc2)C1c1ccccc1[N+](=O)[O-]. The Morgan fingerprint density at radius 2 is 1.66 bits per heavy atom. The van der Waals surface area contributed by atoms with Gasteiger partial charge in [0.15, 0.2) is 0 Å². The van der Waals surface area contributed by atoms with Crippen LogP contribution in [0.5, 0.6) is 0 Å². The summed E-state index contributed by atoms with van der Waals surface area (Å²) in [5.41, 5.74) is -0.397. The maximum absolute atomic E-state index is 12.7. The van der Waals surface area contributed by atoms with Crippen LogP contribution in [0.2, 0.25) is 0 Å². The first kappa shape index (κ1) is 19.7. The number of para-hydroxylation sites is 1. The van der Waals surface area contributed by atoms with Crippen LogP contribution in [-0.4, -0.2) is 44.2 Å². The third-order valence-corrected chi connectivity index (χ3v) is 4.58. The fraction of sp³-hybridized carbons (Fsp3) is 0.150. The predicted molar refractivity (Wildman–Crippen MR) is 101 cm³/mol. The maximum atomic E-state index is 12.7. The van der Waals surface area contributed by atoms with E-state index in [1.807, 2.05) is 0 Å². The number of nitro benzene ring substituents is 1. The van der Waals surface area contributed by atoms with Gasteiger partial charge < -0.3 is 15.1 Å². The smallest absolute Gasteiger partial charge is 0.305 e. The van der Waals surface area contributed by atoms with E-state index in [1.165, 1.54) is 36.4 Å². The Labute approximate surface area is 164 Å². The van der Waals surface area contributed by atoms with Crippen molar-refractivity contribution in [3.8, 4) is 0 Å². The molecule has 1 amide bonds. The van der Waals surface area contributed by atoms with Crippen molar-refractivity contribution in [2.24, 2.45) is 0 Å². The minimum absolute atomic E-state index is 0.0135. The van der Waals surface area contributed by atoms with Crippen LogP contribution in [0.25, 0.3) is 5.76 Å². The number of amides is 1. The topological polar surface area (TPSA) is 138 Å². The van der Waals surface area contributed by atoms with Gasteiger partial charge in [0.25, 0.3) is 17.4 Å². The molecule has 1 saturated heterocycles. The van der Waals surface area contributed by atoms with E-state index in [0.717, 1.165) is 4.90 Å². The molecule has 1 fully saturated rings. The third-order valence-electron chi connectivity index (χ3n) is 4.58. The number of aliphatic carboxylic acids is 1. The Bertz CT molecular complexity index is 1030. The summed E-state index contributed by atoms with van der Waals surface area (Å²) in [5, 5.41) is 31.3. The fourth-order valence-corrected chi connectivity index (χ4v) is 3.29. The lowest BCUT2D eigenvalue weighted by atomic mass is 9.94. The van der Waals surface area contributed by atoms with Crippen LogP contribution < -0.4 is 0 Å². The number of carbonyl (C=O) groups is 3. The lowest BCUT2D eigenvalue weighted by Gasteiger charge is -2.24. The fourth-order valence-electron chi connectivity index (χ4n) is 3.29. The zero-order chi connectivity index (χ0) is 21.1. The molecule has 0 saturated carbocycles. The number of benzene rings is 2. The van der Waals surface area contributed by atoms with Gasteiger partial charge in [0, 0.05) is 18.2 Å². The number of likely N-dealkylation sites (tertiary alicyclic amines) is 1. The highest BCUT2D eigenvalue weighted by molar-refractivity contribution is 6.46. The highest BCUT2D eigenvalue weighted by Crippen LogP contribution is 2.42. The number of carboxylic acids is 1. The Hall–Kier alpha value is -4.01. The van der Waals surface area contributed by atoms with Gasteiger partial charge in [-0.25, -0.2) is 0 Å². The normalized spacial score (nSPS) is 18.1. The molecule has 1 aliphatic rings. The first-order chi connectivity index (χ1) is 13.8. The Kier molecular flexibility index (Phi) is 5.40. The summed E-state index contributed by atoms with van der Waals surface area (Å²) in [6, 6.07) is 12.2. The Balaban J connectivity index is 2.24. The van der Waals surface area contributed by atoms with Gasteiger partial charge in [0.1, 0.15) is 5.76 Å². The number of hydrogen-bond acceptors (Lipinski definition) is 6. The van der Waals surface area contributed by atoms with Crippen molar-refractivity contribution < 1.29 is 29.5 Å². The molecule has 148 valence electrons. The second-order valence-corrected chi connectivity index (χ2v) is 6.32. The molecule has 1 aliphatic heterocycles. The second kappa shape index (κ2) is 7.93. The number of ketones is 1. The number of hydrogen-bond donors (Lipinski definition) is 2. The van der Waals surface area contributed by atoms with Gasteiger partial charge in [0.05, 0.1) is 28.5 Å². The van der Waals surface area contributed by atoms with Crippen LogP contribution in [-0.2, 0) is 14.4 Å². The van der Waals surface area contributed by atoms with E-state index >= 15 is 0 Å². The zero-order valence-electron chi connectivity index (χ0n) is 15.0. The monoisotopic (exact) mass is 396 g/mol. The van der Waals surface area contributed by atoms with Crippen molar-refractivity contribution in [3.05, 3.63) is 81.4 Å². The maximum Gasteiger partial charge on any atom is 0.305 e. The molecule has 3 rings (SSSR count). The number of nitro groups is 1. The summed E-state index contributed by atoms with van der Waals surface area (Å²) in [5.74, 6) is -3.73. The number of carbonyl (C=O) groups excluding carboxylic acids is 2. The molecule has 2 N–H and O–H groups in total. The third kappa shape index (κ3) is 3.70. The molecule has 0 aromatic heterocycles. The molecule has 0 aliphatic carbocycles. The van der Waals surface area contributed by atoms with E-state index in [2.05, 4.69) is 0 Å². The summed E-state index contributed by atoms with van der Waals surface area (Å²) < 4.78 is 0. The quantitative estimate of drug-likeness (QED) is 0.251. The minimum atomic E-state index is -1.28. The summed E-state index contributed by atoms with van der Waals surface area (Å²) in [7, 11) is 0. The van der Waals surface area contributed by atoms with E-state index in [-0.39, 0.29) is 28.9 Å². The molecule has 0 bridgehead atoms. The van der Waals surface area contributed by atoms with Crippen molar-refractivity contribution in [3.63, 3.8) is 0 Å². The summed E-state index contributed by atoms with van der Waals surface area (Å²) in [6.45, 7) is -0.345. The molecular weight excluding hydrogens is 380 g/mol. The van der Waals surface area contributed by atoms with Crippen LogP contribution in [0.1, 0.15) is 23.6 Å². The van der Waals surface area contributed by atoms with E-state index < -0.39 is 40.8 Å². The predicted octanol–water partition coefficient (Wildman–Crippen LogP) is 2.49. The highest BCUT2D eigenvalue weighted by atomic mass is 16.6. The molecule has 9 heteroatoms. The highest BCUT2D eigenvalue weighted by Gasteiger charge is 2.48. The van der Waals surface area contributed by atoms with Crippen molar-refractivity contribution in [2.75, 3.05) is 6.54 Å². The van der Waals surface area contributed by atoms with Crippen molar-refractivity contribution in [2.45, 2.75) is 12.5 Å². The average molecular weight is 396 g/mol. The lowest BCUT2D eigenvalue weighted by molar-refractivity contribution is -0.385. The first-order valence-electron chi connectivity index (χ1n) is 8.62. The van der Waals surface area contributed by atoms with E-state index in [0.29, 0.717) is 0 Å². The largest absolute Gasteiger partial charge is 0.507 e. The molecular formula is C20H16N2O7. The van der Waals surface area contributed by atoms with E-state index in [9.17, 15) is 29.6 Å². The molecule has 9 nitrogen and oxygen atoms in total. The number of nitrogens with zero attached hydrogens (tertiary/aromatic N) is 2. The standard InChI is InChI=1S/C20H16N2O7/c23-15(24)10-11-21-17(13-8-4-5-9-14(13)22(28)29)16(19(26)20(21)27)18(25)12-6-2-1-3-7-12/h1-9,17,25H,10-11H2,(H,23,24). The van der Waals surface area contributed by atoms with Crippen LogP contribution in [0, 0.1) is 10.1 Å². The molecule has 2 aromatic carbocycles. The summed E-state index contributed by atoms with van der Waals surface area (Å²) in [6.07, 6.45) is -0.463. The number of Topliss-reactive ketones (excluding diaryl/α,β-unsaturated/α-hetero) is 1. The molecule has 1 heterocycles. The van der Waals surface area contributed by atoms with Crippen LogP contribution in [0.15, 0.2) is 60.2 Å². The summed E-state index contributed by atoms with van der Waals surface area (Å²) in [4.78, 5) is 48.1. The molecule has 29 heavy (non-hydrogen) atoms. The summed E-state index contributed by atoms with van der Waals surface area (Å²) >= 11 is 0. The van der Waals surface area contributed by atoms with Crippen LogP contribution in [0.4, 0.5) is 5.69 Å². The van der Waals surface area contributed by atoms with Gasteiger partial charge in [-0.1, -0.05) is 42.5 Å². The molecule has 1 unspecified atom stereocenters. The first-order valence-corrected chi connectivity index (χ1v) is 8.62. The minimum Gasteiger partial charge on any atom is -0.507 e. The van der Waals surface area contributed by atoms with Gasteiger partial charge in [-0.05, 0) is 6.07 Å². The number of carboxylic acid groups (broad SMARTS) is 1. The Morgan fingerprint density at radius 1 is 1.03 bits per heavy atom. The van der Waals surface area contributed by atoms with Crippen LogP contribution >= 0.6 is 0 Å². The molecule has 1 atom stereocenters. The molecule has 0 spiro atoms. The van der Waals surface area contributed by atoms with E-state index in [4.69, 9.17) is 5.11 Å². The van der Waals surface area contributed by atoms with Gasteiger partial charge in [0.2, 0.25) is 0 Å². The van der Waals surface area contributed by atoms with Crippen LogP contribution in [0.3, 0.4) is 0 Å². The second-order valence-electron chi connectivity index (χ2n) is 6.32. The average Bonchev–Trinajstić information content (AvgIpc) is 2.96. The Morgan fingerprint density at radius 3 is 2.28 bits per heavy atom. The van der Waals surface area contributed by atoms with Crippen molar-refractivity contribution in [1.82, 2.24) is 4.90 Å². The molecule has 2 aromatic rings. The molecule has 0 radical (unpaired) electrons. The number of rotatable bonds is 6. The van der Waals surface area contributed by atoms with Gasteiger partial charge in [-0.3, -0.25) is 24.5 Å².